The summed E-state index contributed by atoms with van der Waals surface area (Å²) in [6, 6.07) is 20.6. The maximum absolute atomic E-state index is 13.5. The summed E-state index contributed by atoms with van der Waals surface area (Å²) >= 11 is 6.12. The molecular formula is C24H18ClFN2O2. The highest BCUT2D eigenvalue weighted by molar-refractivity contribution is 6.30. The molecule has 150 valence electrons. The Morgan fingerprint density at radius 1 is 0.967 bits per heavy atom. The Kier molecular flexibility index (Phi) is 4.36. The Labute approximate surface area is 178 Å². The van der Waals surface area contributed by atoms with E-state index in [1.165, 1.54) is 12.1 Å². The van der Waals surface area contributed by atoms with Gasteiger partial charge in [-0.25, -0.2) is 4.39 Å². The normalized spacial score (nSPS) is 19.7. The lowest BCUT2D eigenvalue weighted by Gasteiger charge is -2.40. The molecule has 3 aromatic carbocycles. The molecule has 0 spiro atoms. The molecule has 1 saturated heterocycles. The number of amides is 2. The van der Waals surface area contributed by atoms with Gasteiger partial charge in [-0.2, -0.15) is 0 Å². The smallest absolute Gasteiger partial charge is 0.256 e. The van der Waals surface area contributed by atoms with Crippen molar-refractivity contribution >= 4 is 23.4 Å². The Morgan fingerprint density at radius 2 is 1.67 bits per heavy atom. The monoisotopic (exact) mass is 420 g/mol. The lowest BCUT2D eigenvalue weighted by Crippen LogP contribution is -2.52. The van der Waals surface area contributed by atoms with E-state index in [1.807, 2.05) is 30.3 Å². The van der Waals surface area contributed by atoms with Crippen LogP contribution in [0.5, 0.6) is 0 Å². The number of carbonyl (C=O) groups excluding carboxylic acids is 2. The van der Waals surface area contributed by atoms with Crippen LogP contribution in [0.15, 0.2) is 72.8 Å². The number of halogens is 2. The molecule has 0 aromatic heterocycles. The van der Waals surface area contributed by atoms with E-state index >= 15 is 0 Å². The lowest BCUT2D eigenvalue weighted by atomic mass is 9.89. The molecular weight excluding hydrogens is 403 g/mol. The highest BCUT2D eigenvalue weighted by atomic mass is 35.5. The summed E-state index contributed by atoms with van der Waals surface area (Å²) in [5.74, 6) is -0.548. The number of rotatable bonds is 3. The fourth-order valence-electron chi connectivity index (χ4n) is 4.65. The maximum atomic E-state index is 13.5. The van der Waals surface area contributed by atoms with Gasteiger partial charge in [0, 0.05) is 34.8 Å². The molecule has 2 heterocycles. The predicted octanol–water partition coefficient (Wildman–Crippen LogP) is 4.22. The molecule has 0 bridgehead atoms. The third-order valence-electron chi connectivity index (χ3n) is 5.92. The highest BCUT2D eigenvalue weighted by Crippen LogP contribution is 2.49. The van der Waals surface area contributed by atoms with Gasteiger partial charge in [-0.3, -0.25) is 9.59 Å². The molecule has 2 amide bonds. The van der Waals surface area contributed by atoms with Crippen molar-refractivity contribution in [2.75, 3.05) is 13.1 Å². The van der Waals surface area contributed by atoms with Crippen molar-refractivity contribution in [3.63, 3.8) is 0 Å². The minimum atomic E-state index is -1.00. The molecule has 3 aromatic rings. The zero-order valence-electron chi connectivity index (χ0n) is 16.0. The van der Waals surface area contributed by atoms with Crippen LogP contribution in [-0.4, -0.2) is 34.7 Å². The number of fused-ring (bicyclic) bond motifs is 3. The van der Waals surface area contributed by atoms with E-state index in [1.54, 1.807) is 40.1 Å². The Hall–Kier alpha value is -3.18. The molecule has 0 radical (unpaired) electrons. The van der Waals surface area contributed by atoms with Crippen molar-refractivity contribution in [2.45, 2.75) is 12.1 Å². The van der Waals surface area contributed by atoms with Gasteiger partial charge in [-0.15, -0.1) is 0 Å². The number of benzene rings is 3. The molecule has 0 saturated carbocycles. The maximum Gasteiger partial charge on any atom is 0.256 e. The molecule has 1 atom stereocenters. The van der Waals surface area contributed by atoms with E-state index in [0.717, 1.165) is 16.7 Å². The van der Waals surface area contributed by atoms with E-state index in [0.29, 0.717) is 23.7 Å². The zero-order chi connectivity index (χ0) is 20.9. The van der Waals surface area contributed by atoms with Crippen LogP contribution >= 0.6 is 11.6 Å². The quantitative estimate of drug-likeness (QED) is 0.636. The molecule has 30 heavy (non-hydrogen) atoms. The Morgan fingerprint density at radius 3 is 2.40 bits per heavy atom. The van der Waals surface area contributed by atoms with Crippen molar-refractivity contribution in [3.05, 3.63) is 106 Å². The van der Waals surface area contributed by atoms with Crippen LogP contribution < -0.4 is 0 Å². The fourth-order valence-corrected chi connectivity index (χ4v) is 4.78. The summed E-state index contributed by atoms with van der Waals surface area (Å²) in [7, 11) is 0. The first-order valence-electron chi connectivity index (χ1n) is 9.74. The van der Waals surface area contributed by atoms with Crippen LogP contribution in [0.25, 0.3) is 0 Å². The molecule has 2 aliphatic heterocycles. The number of nitrogens with zero attached hydrogens (tertiary/aromatic N) is 2. The van der Waals surface area contributed by atoms with Crippen molar-refractivity contribution in [3.8, 4) is 0 Å². The van der Waals surface area contributed by atoms with Gasteiger partial charge in [0.15, 0.2) is 5.66 Å². The van der Waals surface area contributed by atoms with E-state index in [4.69, 9.17) is 11.6 Å². The van der Waals surface area contributed by atoms with Crippen LogP contribution in [0.1, 0.15) is 27.0 Å². The molecule has 6 heteroatoms. The van der Waals surface area contributed by atoms with Gasteiger partial charge in [0.2, 0.25) is 5.91 Å². The fraction of sp³-hybridized carbons (Fsp3) is 0.167. The molecule has 2 aliphatic rings. The van der Waals surface area contributed by atoms with Crippen LogP contribution in [0.4, 0.5) is 4.39 Å². The predicted molar refractivity (Wildman–Crippen MR) is 112 cm³/mol. The van der Waals surface area contributed by atoms with Gasteiger partial charge in [0.1, 0.15) is 5.82 Å². The topological polar surface area (TPSA) is 40.6 Å². The highest BCUT2D eigenvalue weighted by Gasteiger charge is 2.59. The second-order valence-electron chi connectivity index (χ2n) is 7.53. The summed E-state index contributed by atoms with van der Waals surface area (Å²) < 4.78 is 13.3. The lowest BCUT2D eigenvalue weighted by molar-refractivity contribution is -0.135. The average molecular weight is 421 g/mol. The molecule has 0 aliphatic carbocycles. The van der Waals surface area contributed by atoms with Gasteiger partial charge in [0.05, 0.1) is 6.42 Å². The summed E-state index contributed by atoms with van der Waals surface area (Å²) in [5, 5.41) is 0.585. The Bertz CT molecular complexity index is 1150. The van der Waals surface area contributed by atoms with Crippen molar-refractivity contribution in [2.24, 2.45) is 0 Å². The van der Waals surface area contributed by atoms with Crippen molar-refractivity contribution < 1.29 is 14.0 Å². The van der Waals surface area contributed by atoms with Gasteiger partial charge < -0.3 is 9.80 Å². The minimum Gasteiger partial charge on any atom is -0.309 e. The van der Waals surface area contributed by atoms with Crippen molar-refractivity contribution in [1.82, 2.24) is 9.80 Å². The number of hydrogen-bond donors (Lipinski definition) is 0. The van der Waals surface area contributed by atoms with Crippen LogP contribution in [0.2, 0.25) is 5.02 Å². The standard InChI is InChI=1S/C24H18ClFN2O2/c25-18-9-7-17(8-10-18)24-21-4-2-1-3-20(21)23(30)28(24)14-13-27(24)22(29)15-16-5-11-19(26)12-6-16/h1-12H,13-15H2. The second-order valence-corrected chi connectivity index (χ2v) is 7.97. The zero-order valence-corrected chi connectivity index (χ0v) is 16.8. The van der Waals surface area contributed by atoms with E-state index in [2.05, 4.69) is 0 Å². The summed E-state index contributed by atoms with van der Waals surface area (Å²) in [5.41, 5.74) is 1.93. The minimum absolute atomic E-state index is 0.0855. The average Bonchev–Trinajstić information content (AvgIpc) is 3.26. The van der Waals surface area contributed by atoms with Gasteiger partial charge in [-0.05, 0) is 35.9 Å². The summed E-state index contributed by atoms with van der Waals surface area (Å²) in [6.07, 6.45) is 0.125. The third-order valence-corrected chi connectivity index (χ3v) is 6.18. The number of hydrogen-bond acceptors (Lipinski definition) is 2. The Balaban J connectivity index is 1.64. The van der Waals surface area contributed by atoms with E-state index < -0.39 is 5.66 Å². The van der Waals surface area contributed by atoms with Crippen molar-refractivity contribution in [1.29, 1.82) is 0 Å². The molecule has 4 nitrogen and oxygen atoms in total. The van der Waals surface area contributed by atoms with E-state index in [-0.39, 0.29) is 24.1 Å². The molecule has 1 fully saturated rings. The van der Waals surface area contributed by atoms with E-state index in [9.17, 15) is 14.0 Å². The van der Waals surface area contributed by atoms with Gasteiger partial charge in [-0.1, -0.05) is 54.1 Å². The van der Waals surface area contributed by atoms with Gasteiger partial charge >= 0.3 is 0 Å². The summed E-state index contributed by atoms with van der Waals surface area (Å²) in [6.45, 7) is 0.855. The SMILES string of the molecule is O=C(Cc1ccc(F)cc1)N1CCN2C(=O)c3ccccc3C12c1ccc(Cl)cc1. The van der Waals surface area contributed by atoms with Crippen LogP contribution in [-0.2, 0) is 16.9 Å². The summed E-state index contributed by atoms with van der Waals surface area (Å²) in [4.78, 5) is 30.2. The largest absolute Gasteiger partial charge is 0.309 e. The second kappa shape index (κ2) is 6.96. The first-order valence-corrected chi connectivity index (χ1v) is 10.1. The third kappa shape index (κ3) is 2.66. The first-order chi connectivity index (χ1) is 14.5. The van der Waals surface area contributed by atoms with Crippen LogP contribution in [0.3, 0.4) is 0 Å². The first kappa shape index (κ1) is 18.8. The van der Waals surface area contributed by atoms with Crippen LogP contribution in [0, 0.1) is 5.82 Å². The number of carbonyl (C=O) groups is 2. The molecule has 0 N–H and O–H groups in total. The van der Waals surface area contributed by atoms with Gasteiger partial charge in [0.25, 0.3) is 5.91 Å². The molecule has 1 unspecified atom stereocenters. The molecule has 5 rings (SSSR count).